The quantitative estimate of drug-likeness (QED) is 0.692. The van der Waals surface area contributed by atoms with Gasteiger partial charge in [0.15, 0.2) is 11.6 Å². The third kappa shape index (κ3) is 4.15. The van der Waals surface area contributed by atoms with E-state index in [0.717, 1.165) is 12.1 Å². The van der Waals surface area contributed by atoms with Crippen molar-refractivity contribution in [3.63, 3.8) is 0 Å². The van der Waals surface area contributed by atoms with Crippen molar-refractivity contribution in [2.75, 3.05) is 5.32 Å². The van der Waals surface area contributed by atoms with Gasteiger partial charge in [0.1, 0.15) is 5.82 Å². The molecule has 0 atom stereocenters. The lowest BCUT2D eigenvalue weighted by molar-refractivity contribution is 0.0943. The predicted octanol–water partition coefficient (Wildman–Crippen LogP) is 4.59. The zero-order chi connectivity index (χ0) is 17.1. The molecule has 0 fully saturated rings. The summed E-state index contributed by atoms with van der Waals surface area (Å²) in [7, 11) is 0. The molecular weight excluding hydrogens is 420 g/mol. The Kier molecular flexibility index (Phi) is 5.51. The van der Waals surface area contributed by atoms with Gasteiger partial charge in [-0.05, 0) is 66.8 Å². The molecule has 0 bridgehead atoms. The Morgan fingerprint density at radius 2 is 1.78 bits per heavy atom. The van der Waals surface area contributed by atoms with Crippen LogP contribution in [0.15, 0.2) is 30.3 Å². The minimum Gasteiger partial charge on any atom is -0.350 e. The Balaban J connectivity index is 2.47. The van der Waals surface area contributed by atoms with Crippen LogP contribution in [0.1, 0.15) is 24.2 Å². The lowest BCUT2D eigenvalue weighted by Crippen LogP contribution is -2.30. The minimum absolute atomic E-state index is 0.0477. The zero-order valence-electron chi connectivity index (χ0n) is 12.4. The van der Waals surface area contributed by atoms with Gasteiger partial charge in [0.2, 0.25) is 0 Å². The van der Waals surface area contributed by atoms with E-state index in [4.69, 9.17) is 0 Å². The Hall–Kier alpha value is -1.77. The molecule has 2 aromatic rings. The monoisotopic (exact) mass is 434 g/mol. The highest BCUT2D eigenvalue weighted by atomic mass is 127. The van der Waals surface area contributed by atoms with Crippen LogP contribution in [-0.2, 0) is 0 Å². The van der Waals surface area contributed by atoms with Crippen LogP contribution >= 0.6 is 22.6 Å². The number of nitrogens with one attached hydrogen (secondary N) is 2. The van der Waals surface area contributed by atoms with Crippen molar-refractivity contribution in [3.05, 3.63) is 56.9 Å². The highest BCUT2D eigenvalue weighted by Crippen LogP contribution is 2.28. The standard InChI is InChI=1S/C16H14F3IN2O/c1-8(2)21-16(23)10-4-5-11(17)14(19)15(10)22-13-6-3-9(20)7-12(13)18/h3-8,22H,1-2H3,(H,21,23). The van der Waals surface area contributed by atoms with Gasteiger partial charge in [-0.2, -0.15) is 0 Å². The van der Waals surface area contributed by atoms with E-state index >= 15 is 0 Å². The number of benzene rings is 2. The van der Waals surface area contributed by atoms with Gasteiger partial charge in [0.05, 0.1) is 16.9 Å². The number of amides is 1. The smallest absolute Gasteiger partial charge is 0.253 e. The van der Waals surface area contributed by atoms with Crippen molar-refractivity contribution in [2.45, 2.75) is 19.9 Å². The van der Waals surface area contributed by atoms with Crippen LogP contribution in [0.3, 0.4) is 0 Å². The number of rotatable bonds is 4. The van der Waals surface area contributed by atoms with Crippen LogP contribution < -0.4 is 10.6 Å². The Bertz CT molecular complexity index is 750. The molecule has 7 heteroatoms. The SMILES string of the molecule is CC(C)NC(=O)c1ccc(F)c(F)c1Nc1ccc(I)cc1F. The van der Waals surface area contributed by atoms with Crippen molar-refractivity contribution in [1.82, 2.24) is 5.32 Å². The Morgan fingerprint density at radius 3 is 2.39 bits per heavy atom. The van der Waals surface area contributed by atoms with E-state index in [0.29, 0.717) is 3.57 Å². The number of carbonyl (C=O) groups is 1. The number of anilines is 2. The van der Waals surface area contributed by atoms with Gasteiger partial charge in [-0.25, -0.2) is 13.2 Å². The average Bonchev–Trinajstić information content (AvgIpc) is 2.45. The fraction of sp³-hybridized carbons (Fsp3) is 0.188. The van der Waals surface area contributed by atoms with E-state index in [2.05, 4.69) is 10.6 Å². The second kappa shape index (κ2) is 7.20. The number of hydrogen-bond donors (Lipinski definition) is 2. The van der Waals surface area contributed by atoms with Crippen LogP contribution in [0.4, 0.5) is 24.5 Å². The first-order valence-corrected chi connectivity index (χ1v) is 7.88. The van der Waals surface area contributed by atoms with Gasteiger partial charge in [-0.15, -0.1) is 0 Å². The second-order valence-corrected chi connectivity index (χ2v) is 6.41. The molecule has 0 saturated carbocycles. The summed E-state index contributed by atoms with van der Waals surface area (Å²) in [5.41, 5.74) is -0.549. The van der Waals surface area contributed by atoms with Crippen molar-refractivity contribution in [2.24, 2.45) is 0 Å². The van der Waals surface area contributed by atoms with E-state index < -0.39 is 29.0 Å². The van der Waals surface area contributed by atoms with E-state index in [1.54, 1.807) is 19.9 Å². The van der Waals surface area contributed by atoms with Crippen LogP contribution in [0.2, 0.25) is 0 Å². The Labute approximate surface area is 145 Å². The van der Waals surface area contributed by atoms with E-state index in [-0.39, 0.29) is 17.3 Å². The summed E-state index contributed by atoms with van der Waals surface area (Å²) in [5.74, 6) is -3.57. The summed E-state index contributed by atoms with van der Waals surface area (Å²) < 4.78 is 42.2. The topological polar surface area (TPSA) is 41.1 Å². The normalized spacial score (nSPS) is 10.7. The molecule has 122 valence electrons. The van der Waals surface area contributed by atoms with Crippen molar-refractivity contribution in [1.29, 1.82) is 0 Å². The van der Waals surface area contributed by atoms with Gasteiger partial charge in [-0.1, -0.05) is 0 Å². The highest BCUT2D eigenvalue weighted by molar-refractivity contribution is 14.1. The summed E-state index contributed by atoms with van der Waals surface area (Å²) in [5, 5.41) is 5.07. The molecule has 3 nitrogen and oxygen atoms in total. The fourth-order valence-electron chi connectivity index (χ4n) is 1.93. The molecule has 0 heterocycles. The highest BCUT2D eigenvalue weighted by Gasteiger charge is 2.20. The molecule has 2 N–H and O–H groups in total. The van der Waals surface area contributed by atoms with Gasteiger partial charge >= 0.3 is 0 Å². The fourth-order valence-corrected chi connectivity index (χ4v) is 2.38. The maximum Gasteiger partial charge on any atom is 0.253 e. The number of carbonyl (C=O) groups excluding carboxylic acids is 1. The van der Waals surface area contributed by atoms with Crippen LogP contribution in [0, 0.1) is 21.0 Å². The van der Waals surface area contributed by atoms with E-state index in [1.165, 1.54) is 12.1 Å². The van der Waals surface area contributed by atoms with Crippen LogP contribution in [0.5, 0.6) is 0 Å². The largest absolute Gasteiger partial charge is 0.350 e. The number of halogens is 4. The first kappa shape index (κ1) is 17.6. The third-order valence-electron chi connectivity index (χ3n) is 2.95. The second-order valence-electron chi connectivity index (χ2n) is 5.16. The van der Waals surface area contributed by atoms with Crippen LogP contribution in [-0.4, -0.2) is 11.9 Å². The maximum absolute atomic E-state index is 14.1. The van der Waals surface area contributed by atoms with Crippen molar-refractivity contribution in [3.8, 4) is 0 Å². The van der Waals surface area contributed by atoms with E-state index in [9.17, 15) is 18.0 Å². The van der Waals surface area contributed by atoms with Crippen LogP contribution in [0.25, 0.3) is 0 Å². The van der Waals surface area contributed by atoms with E-state index in [1.807, 2.05) is 22.6 Å². The lowest BCUT2D eigenvalue weighted by Gasteiger charge is -2.15. The summed E-state index contributed by atoms with van der Waals surface area (Å²) in [6.07, 6.45) is 0. The Morgan fingerprint density at radius 1 is 1.09 bits per heavy atom. The third-order valence-corrected chi connectivity index (χ3v) is 3.62. The predicted molar refractivity (Wildman–Crippen MR) is 91.4 cm³/mol. The molecule has 0 aliphatic rings. The van der Waals surface area contributed by atoms with Gasteiger partial charge in [-0.3, -0.25) is 4.79 Å². The van der Waals surface area contributed by atoms with Crippen molar-refractivity contribution >= 4 is 39.9 Å². The minimum atomic E-state index is -1.24. The maximum atomic E-state index is 14.1. The lowest BCUT2D eigenvalue weighted by atomic mass is 10.1. The van der Waals surface area contributed by atoms with Gasteiger partial charge in [0.25, 0.3) is 5.91 Å². The molecular formula is C16H14F3IN2O. The van der Waals surface area contributed by atoms with Gasteiger partial charge < -0.3 is 10.6 Å². The molecule has 2 aromatic carbocycles. The molecule has 1 amide bonds. The zero-order valence-corrected chi connectivity index (χ0v) is 14.5. The molecule has 0 spiro atoms. The molecule has 0 saturated heterocycles. The molecule has 0 radical (unpaired) electrons. The van der Waals surface area contributed by atoms with Gasteiger partial charge in [0, 0.05) is 9.61 Å². The molecule has 0 unspecified atom stereocenters. The summed E-state index contributed by atoms with van der Waals surface area (Å²) in [4.78, 5) is 12.1. The summed E-state index contributed by atoms with van der Waals surface area (Å²) in [6, 6.07) is 6.08. The molecule has 23 heavy (non-hydrogen) atoms. The molecule has 0 aromatic heterocycles. The van der Waals surface area contributed by atoms with Crippen molar-refractivity contribution < 1.29 is 18.0 Å². The first-order valence-electron chi connectivity index (χ1n) is 6.80. The summed E-state index contributed by atoms with van der Waals surface area (Å²) >= 11 is 1.93. The summed E-state index contributed by atoms with van der Waals surface area (Å²) in [6.45, 7) is 3.48. The number of hydrogen-bond acceptors (Lipinski definition) is 2. The molecule has 2 rings (SSSR count). The molecule has 0 aliphatic heterocycles. The molecule has 0 aliphatic carbocycles. The first-order chi connectivity index (χ1) is 10.8. The average molecular weight is 434 g/mol.